The highest BCUT2D eigenvalue weighted by molar-refractivity contribution is 7.14. The molecular formula is C56H54Cl2N6O3S2. The second-order valence-corrected chi connectivity index (χ2v) is 21.7. The number of carbonyl (C=O) groups is 2. The second kappa shape index (κ2) is 21.2. The molecule has 8 aromatic rings. The normalized spacial score (nSPS) is 13.1. The summed E-state index contributed by atoms with van der Waals surface area (Å²) in [4.78, 5) is 45.8. The first-order valence-electron chi connectivity index (χ1n) is 22.9. The number of fused-ring (bicyclic) bond motifs is 2. The van der Waals surface area contributed by atoms with Gasteiger partial charge in [0.1, 0.15) is 11.6 Å². The van der Waals surface area contributed by atoms with Crippen LogP contribution in [0.3, 0.4) is 0 Å². The molecule has 69 heavy (non-hydrogen) atoms. The minimum atomic E-state index is -0.980. The number of carboxylic acids is 1. The number of pyridine rings is 4. The van der Waals surface area contributed by atoms with E-state index in [4.69, 9.17) is 28.3 Å². The van der Waals surface area contributed by atoms with Gasteiger partial charge in [-0.05, 0) is 143 Å². The zero-order valence-electron chi connectivity index (χ0n) is 39.5. The maximum Gasteiger partial charge on any atom is 0.335 e. The van der Waals surface area contributed by atoms with Crippen molar-refractivity contribution in [1.82, 2.24) is 19.9 Å². The summed E-state index contributed by atoms with van der Waals surface area (Å²) in [6.45, 7) is 14.7. The Hall–Kier alpha value is -6.24. The molecule has 0 aliphatic carbocycles. The number of benzene rings is 2. The van der Waals surface area contributed by atoms with Crippen molar-refractivity contribution >= 4 is 69.4 Å². The van der Waals surface area contributed by atoms with E-state index in [-0.39, 0.29) is 22.3 Å². The number of thiophene rings is 2. The largest absolute Gasteiger partial charge is 0.478 e. The molecule has 6 aromatic heterocycles. The van der Waals surface area contributed by atoms with Crippen molar-refractivity contribution in [3.8, 4) is 43.1 Å². The molecule has 13 heteroatoms. The quantitative estimate of drug-likeness (QED) is 0.169. The Morgan fingerprint density at radius 2 is 1.14 bits per heavy atom. The average molecular weight is 994 g/mol. The Bertz CT molecular complexity index is 3110. The number of rotatable bonds is 6. The molecule has 10 rings (SSSR count). The number of carboxylic acid groups (broad SMARTS) is 1. The lowest BCUT2D eigenvalue weighted by Gasteiger charge is -2.28. The number of nitrogens with one attached hydrogen (secondary N) is 1. The van der Waals surface area contributed by atoms with E-state index in [1.165, 1.54) is 24.5 Å². The summed E-state index contributed by atoms with van der Waals surface area (Å²) < 4.78 is 0. The number of hydrogen-bond acceptors (Lipinski definition) is 9. The van der Waals surface area contributed by atoms with Crippen molar-refractivity contribution in [2.45, 2.75) is 78.1 Å². The molecule has 0 unspecified atom stereocenters. The Morgan fingerprint density at radius 1 is 0.609 bits per heavy atom. The summed E-state index contributed by atoms with van der Waals surface area (Å²) in [5.74, 6) is 0.792. The molecular weight excluding hydrogens is 940 g/mol. The molecule has 9 nitrogen and oxygen atoms in total. The molecule has 0 atom stereocenters. The molecule has 2 aromatic carbocycles. The number of amides is 1. The van der Waals surface area contributed by atoms with Crippen molar-refractivity contribution in [2.75, 3.05) is 23.3 Å². The fourth-order valence-electron chi connectivity index (χ4n) is 8.03. The molecule has 0 saturated carbocycles. The molecule has 0 fully saturated rings. The van der Waals surface area contributed by atoms with Crippen LogP contribution >= 0.6 is 45.9 Å². The number of carbonyl (C=O) groups excluding carboxylic acids is 1. The molecule has 0 radical (unpaired) electrons. The lowest BCUT2D eigenvalue weighted by molar-refractivity contribution is 0.0696. The van der Waals surface area contributed by atoms with Crippen LogP contribution in [0, 0.1) is 0 Å². The van der Waals surface area contributed by atoms with E-state index in [2.05, 4.69) is 108 Å². The van der Waals surface area contributed by atoms with Crippen molar-refractivity contribution in [1.29, 1.82) is 0 Å². The third kappa shape index (κ3) is 11.8. The lowest BCUT2D eigenvalue weighted by Crippen LogP contribution is -2.36. The van der Waals surface area contributed by atoms with Crippen LogP contribution < -0.4 is 10.2 Å². The topological polar surface area (TPSA) is 121 Å². The van der Waals surface area contributed by atoms with Crippen LogP contribution in [0.2, 0.25) is 10.0 Å². The molecule has 8 heterocycles. The van der Waals surface area contributed by atoms with Gasteiger partial charge in [-0.25, -0.2) is 14.8 Å². The van der Waals surface area contributed by atoms with Crippen molar-refractivity contribution in [3.05, 3.63) is 176 Å². The zero-order chi connectivity index (χ0) is 48.9. The number of nitrogens with zero attached hydrogens (tertiary/aromatic N) is 5. The molecule has 0 saturated heterocycles. The van der Waals surface area contributed by atoms with E-state index in [0.717, 1.165) is 91.1 Å². The monoisotopic (exact) mass is 992 g/mol. The maximum atomic E-state index is 13.3. The van der Waals surface area contributed by atoms with Crippen LogP contribution in [0.15, 0.2) is 133 Å². The first-order valence-corrected chi connectivity index (χ1v) is 25.4. The van der Waals surface area contributed by atoms with E-state index in [1.807, 2.05) is 61.1 Å². The van der Waals surface area contributed by atoms with Gasteiger partial charge in [0.15, 0.2) is 0 Å². The smallest absolute Gasteiger partial charge is 0.335 e. The third-order valence-corrected chi connectivity index (χ3v) is 14.4. The number of aromatic nitrogens is 4. The highest BCUT2D eigenvalue weighted by Gasteiger charge is 2.26. The minimum absolute atomic E-state index is 0.00900. The number of hydrogen-bond donors (Lipinski definition) is 2. The van der Waals surface area contributed by atoms with Gasteiger partial charge in [0.25, 0.3) is 5.91 Å². The van der Waals surface area contributed by atoms with E-state index < -0.39 is 5.97 Å². The van der Waals surface area contributed by atoms with Gasteiger partial charge in [0.2, 0.25) is 0 Å². The van der Waals surface area contributed by atoms with E-state index in [1.54, 1.807) is 52.0 Å². The Morgan fingerprint density at radius 3 is 1.70 bits per heavy atom. The van der Waals surface area contributed by atoms with Gasteiger partial charge >= 0.3 is 5.97 Å². The summed E-state index contributed by atoms with van der Waals surface area (Å²) in [6.07, 6.45) is 11.6. The minimum Gasteiger partial charge on any atom is -0.478 e. The fourth-order valence-corrected chi connectivity index (χ4v) is 10.6. The molecule has 2 aliphatic heterocycles. The first-order chi connectivity index (χ1) is 33.0. The standard InChI is InChI=1S/C28H26ClN3OS.C20H18ClNO2S.C8H10N2/c1-28(2,3)25-16-19(10-12-30-25)21-15-24(34-17-21)22-9-8-20(14-23(22)29)27(33)32-13-5-7-18-6-4-11-31-26(18)32;1-20(2,3)18-10-12(6-7-22-18)14-9-17(25-11-14)15-5-4-13(19(23)24)8-16(15)21;1-3-7-4-2-6-10-8(7)9-5-1/h4,6,8-12,14-17H,5,7,13H2,1-3H3;4-11H,1-3H3,(H,23,24);1,3,5H,2,4,6H2,(H,9,10). The Kier molecular flexibility index (Phi) is 15.1. The number of aromatic carboxylic acids is 1. The van der Waals surface area contributed by atoms with E-state index in [0.29, 0.717) is 22.2 Å². The van der Waals surface area contributed by atoms with E-state index in [9.17, 15) is 9.59 Å². The van der Waals surface area contributed by atoms with Crippen LogP contribution in [0.1, 0.15) is 97.6 Å². The third-order valence-electron chi connectivity index (χ3n) is 11.9. The predicted octanol–water partition coefficient (Wildman–Crippen LogP) is 15.0. The highest BCUT2D eigenvalue weighted by atomic mass is 35.5. The number of halogens is 2. The number of anilines is 2. The van der Waals surface area contributed by atoms with Crippen LogP contribution in [0.4, 0.5) is 11.6 Å². The van der Waals surface area contributed by atoms with Gasteiger partial charge in [-0.15, -0.1) is 22.7 Å². The number of aryl methyl sites for hydroxylation is 2. The van der Waals surface area contributed by atoms with Crippen molar-refractivity contribution < 1.29 is 14.7 Å². The fraction of sp³-hybridized carbons (Fsp3) is 0.250. The van der Waals surface area contributed by atoms with Crippen LogP contribution in [0.5, 0.6) is 0 Å². The lowest BCUT2D eigenvalue weighted by atomic mass is 9.90. The second-order valence-electron chi connectivity index (χ2n) is 19.0. The maximum absolute atomic E-state index is 13.3. The molecule has 0 bridgehead atoms. The predicted molar refractivity (Wildman–Crippen MR) is 286 cm³/mol. The van der Waals surface area contributed by atoms with Gasteiger partial charge in [-0.1, -0.05) is 89.0 Å². The highest BCUT2D eigenvalue weighted by Crippen LogP contribution is 2.39. The molecule has 2 N–H and O–H groups in total. The Labute approximate surface area is 422 Å². The summed E-state index contributed by atoms with van der Waals surface area (Å²) in [7, 11) is 0. The van der Waals surface area contributed by atoms with Crippen molar-refractivity contribution in [2.24, 2.45) is 0 Å². The molecule has 352 valence electrons. The zero-order valence-corrected chi connectivity index (χ0v) is 42.7. The summed E-state index contributed by atoms with van der Waals surface area (Å²) in [5, 5.41) is 17.5. The van der Waals surface area contributed by atoms with Gasteiger partial charge in [0.05, 0.1) is 15.6 Å². The van der Waals surface area contributed by atoms with Gasteiger partial charge < -0.3 is 10.4 Å². The van der Waals surface area contributed by atoms with E-state index >= 15 is 0 Å². The van der Waals surface area contributed by atoms with Gasteiger partial charge in [-0.3, -0.25) is 19.7 Å². The van der Waals surface area contributed by atoms with Gasteiger partial charge in [-0.2, -0.15) is 0 Å². The SMILES string of the molecule is CC(C)(C)c1cc(-c2csc(-c3ccc(C(=O)N4CCCc5cccnc54)cc3Cl)c2)ccn1.CC(C)(C)c1cc(-c2csc(-c3ccc(C(=O)O)cc3Cl)c2)ccn1.c1cnc2c(c1)CCCN2. The summed E-state index contributed by atoms with van der Waals surface area (Å²) >= 11 is 16.2. The van der Waals surface area contributed by atoms with Gasteiger partial charge in [0, 0.05) is 86.5 Å². The molecule has 0 spiro atoms. The average Bonchev–Trinajstić information content (AvgIpc) is 4.05. The Balaban J connectivity index is 0.000000159. The van der Waals surface area contributed by atoms with Crippen LogP contribution in [0.25, 0.3) is 43.1 Å². The molecule has 1 amide bonds. The molecule has 2 aliphatic rings. The van der Waals surface area contributed by atoms with Crippen LogP contribution in [-0.2, 0) is 23.7 Å². The van der Waals surface area contributed by atoms with Crippen LogP contribution in [-0.4, -0.2) is 50.0 Å². The van der Waals surface area contributed by atoms with Crippen molar-refractivity contribution in [3.63, 3.8) is 0 Å². The summed E-state index contributed by atoms with van der Waals surface area (Å²) in [5.41, 5.74) is 11.6. The summed E-state index contributed by atoms with van der Waals surface area (Å²) in [6, 6.07) is 31.0. The first kappa shape index (κ1) is 49.2.